The molecular weight excluding hydrogens is 354 g/mol. The summed E-state index contributed by atoms with van der Waals surface area (Å²) < 4.78 is 7.20. The molecule has 1 amide bonds. The van der Waals surface area contributed by atoms with Crippen molar-refractivity contribution in [2.45, 2.75) is 19.4 Å². The number of ether oxygens (including phenoxy) is 1. The van der Waals surface area contributed by atoms with E-state index in [0.29, 0.717) is 24.4 Å². The molecule has 4 rings (SSSR count). The molecule has 1 aliphatic heterocycles. The van der Waals surface area contributed by atoms with Crippen molar-refractivity contribution in [3.8, 4) is 5.75 Å². The summed E-state index contributed by atoms with van der Waals surface area (Å²) in [5.74, 6) is 0.443. The van der Waals surface area contributed by atoms with E-state index in [1.165, 1.54) is 0 Å². The fraction of sp³-hybridized carbons (Fsp3) is 0.318. The molecule has 1 saturated heterocycles. The van der Waals surface area contributed by atoms with E-state index in [9.17, 15) is 9.59 Å². The van der Waals surface area contributed by atoms with Gasteiger partial charge in [0.2, 0.25) is 5.91 Å². The van der Waals surface area contributed by atoms with E-state index in [2.05, 4.69) is 4.98 Å². The quantitative estimate of drug-likeness (QED) is 0.641. The number of hydrogen-bond acceptors (Lipinski definition) is 4. The van der Waals surface area contributed by atoms with Gasteiger partial charge in [-0.05, 0) is 37.1 Å². The number of piperidine rings is 1. The molecule has 2 aromatic carbocycles. The number of imidazole rings is 1. The van der Waals surface area contributed by atoms with E-state index in [1.807, 2.05) is 41.0 Å². The zero-order valence-corrected chi connectivity index (χ0v) is 15.9. The third-order valence-corrected chi connectivity index (χ3v) is 5.35. The fourth-order valence-corrected chi connectivity index (χ4v) is 3.87. The second-order valence-corrected chi connectivity index (χ2v) is 7.10. The summed E-state index contributed by atoms with van der Waals surface area (Å²) in [6.45, 7) is 1.36. The molecule has 2 heterocycles. The molecule has 1 fully saturated rings. The van der Waals surface area contributed by atoms with Crippen LogP contribution in [0.3, 0.4) is 0 Å². The highest BCUT2D eigenvalue weighted by Gasteiger charge is 2.30. The number of ketones is 1. The Morgan fingerprint density at radius 3 is 2.79 bits per heavy atom. The van der Waals surface area contributed by atoms with Gasteiger partial charge in [0.25, 0.3) is 0 Å². The molecule has 3 aromatic rings. The second kappa shape index (κ2) is 7.84. The number of methoxy groups -OCH3 is 1. The molecule has 0 aliphatic carbocycles. The molecule has 0 unspecified atom stereocenters. The lowest BCUT2D eigenvalue weighted by Gasteiger charge is -2.32. The van der Waals surface area contributed by atoms with Crippen LogP contribution in [0.4, 0.5) is 0 Å². The molecule has 0 saturated carbocycles. The van der Waals surface area contributed by atoms with Gasteiger partial charge in [-0.3, -0.25) is 9.59 Å². The Balaban J connectivity index is 1.47. The maximum atomic E-state index is 13.0. The van der Waals surface area contributed by atoms with Crippen LogP contribution in [-0.4, -0.2) is 46.3 Å². The predicted octanol–water partition coefficient (Wildman–Crippen LogP) is 3.17. The Hall–Kier alpha value is -3.15. The maximum absolute atomic E-state index is 13.0. The van der Waals surface area contributed by atoms with Crippen LogP contribution in [0.15, 0.2) is 54.9 Å². The number of benzene rings is 2. The smallest absolute Gasteiger partial charge is 0.242 e. The molecule has 6 heteroatoms. The summed E-state index contributed by atoms with van der Waals surface area (Å²) in [6.07, 6.45) is 3.31. The molecule has 0 spiro atoms. The van der Waals surface area contributed by atoms with Crippen LogP contribution in [0.1, 0.15) is 23.2 Å². The van der Waals surface area contributed by atoms with E-state index < -0.39 is 0 Å². The van der Waals surface area contributed by atoms with E-state index in [4.69, 9.17) is 4.74 Å². The number of carbonyl (C=O) groups excluding carboxylic acids is 2. The predicted molar refractivity (Wildman–Crippen MR) is 106 cm³/mol. The lowest BCUT2D eigenvalue weighted by Crippen LogP contribution is -2.43. The molecule has 28 heavy (non-hydrogen) atoms. The zero-order valence-electron chi connectivity index (χ0n) is 15.9. The normalized spacial score (nSPS) is 16.9. The Morgan fingerprint density at radius 2 is 1.93 bits per heavy atom. The Kier molecular flexibility index (Phi) is 5.10. The molecule has 1 aliphatic rings. The van der Waals surface area contributed by atoms with Crippen molar-refractivity contribution < 1.29 is 14.3 Å². The van der Waals surface area contributed by atoms with Crippen molar-refractivity contribution in [1.82, 2.24) is 14.5 Å². The van der Waals surface area contributed by atoms with Gasteiger partial charge in [-0.1, -0.05) is 24.3 Å². The molecule has 0 bridgehead atoms. The highest BCUT2D eigenvalue weighted by Crippen LogP contribution is 2.26. The van der Waals surface area contributed by atoms with Crippen molar-refractivity contribution in [3.63, 3.8) is 0 Å². The first-order valence-electron chi connectivity index (χ1n) is 9.52. The van der Waals surface area contributed by atoms with Gasteiger partial charge in [0.15, 0.2) is 5.78 Å². The summed E-state index contributed by atoms with van der Waals surface area (Å²) in [5.41, 5.74) is 2.40. The van der Waals surface area contributed by atoms with Crippen LogP contribution >= 0.6 is 0 Å². The Bertz CT molecular complexity index is 1010. The van der Waals surface area contributed by atoms with Gasteiger partial charge < -0.3 is 14.2 Å². The van der Waals surface area contributed by atoms with Crippen molar-refractivity contribution in [3.05, 3.63) is 60.4 Å². The summed E-state index contributed by atoms with van der Waals surface area (Å²) in [4.78, 5) is 32.0. The number of hydrogen-bond donors (Lipinski definition) is 0. The third kappa shape index (κ3) is 3.50. The van der Waals surface area contributed by atoms with E-state index >= 15 is 0 Å². The van der Waals surface area contributed by atoms with Gasteiger partial charge in [-0.2, -0.15) is 0 Å². The van der Waals surface area contributed by atoms with E-state index in [-0.39, 0.29) is 24.2 Å². The second-order valence-electron chi connectivity index (χ2n) is 7.10. The molecule has 0 N–H and O–H groups in total. The first-order chi connectivity index (χ1) is 13.7. The third-order valence-electron chi connectivity index (χ3n) is 5.35. The van der Waals surface area contributed by atoms with Gasteiger partial charge in [0.05, 0.1) is 30.0 Å². The summed E-state index contributed by atoms with van der Waals surface area (Å²) >= 11 is 0. The van der Waals surface area contributed by atoms with Crippen molar-refractivity contribution >= 4 is 22.7 Å². The maximum Gasteiger partial charge on any atom is 0.242 e. The first-order valence-corrected chi connectivity index (χ1v) is 9.52. The minimum absolute atomic E-state index is 0.0145. The number of para-hydroxylation sites is 3. The molecule has 1 atom stereocenters. The highest BCUT2D eigenvalue weighted by molar-refractivity contribution is 6.00. The zero-order chi connectivity index (χ0) is 19.5. The van der Waals surface area contributed by atoms with Crippen molar-refractivity contribution in [1.29, 1.82) is 0 Å². The summed E-state index contributed by atoms with van der Waals surface area (Å²) in [6, 6.07) is 15.0. The van der Waals surface area contributed by atoms with Crippen LogP contribution < -0.4 is 4.74 Å². The summed E-state index contributed by atoms with van der Waals surface area (Å²) in [5, 5.41) is 0. The van der Waals surface area contributed by atoms with E-state index in [1.54, 1.807) is 30.5 Å². The molecular formula is C22H23N3O3. The average molecular weight is 377 g/mol. The number of likely N-dealkylation sites (tertiary alicyclic amines) is 1. The monoisotopic (exact) mass is 377 g/mol. The molecule has 6 nitrogen and oxygen atoms in total. The molecule has 0 radical (unpaired) electrons. The number of fused-ring (bicyclic) bond motifs is 1. The topological polar surface area (TPSA) is 64.4 Å². The van der Waals surface area contributed by atoms with Crippen molar-refractivity contribution in [2.24, 2.45) is 5.92 Å². The highest BCUT2D eigenvalue weighted by atomic mass is 16.5. The van der Waals surface area contributed by atoms with Gasteiger partial charge in [0.1, 0.15) is 12.3 Å². The number of aromatic nitrogens is 2. The lowest BCUT2D eigenvalue weighted by molar-refractivity contribution is -0.133. The lowest BCUT2D eigenvalue weighted by atomic mass is 9.89. The fourth-order valence-electron chi connectivity index (χ4n) is 3.87. The minimum atomic E-state index is -0.200. The first kappa shape index (κ1) is 18.2. The Labute approximate surface area is 163 Å². The number of amides is 1. The van der Waals surface area contributed by atoms with Gasteiger partial charge in [0, 0.05) is 19.0 Å². The Morgan fingerprint density at radius 1 is 1.14 bits per heavy atom. The SMILES string of the molecule is COc1ccccc1C(=O)[C@H]1CCCN(C(=O)Cn2cnc3ccccc32)C1. The number of nitrogens with zero attached hydrogens (tertiary/aromatic N) is 3. The van der Waals surface area contributed by atoms with Gasteiger partial charge in [-0.15, -0.1) is 0 Å². The molecule has 144 valence electrons. The number of rotatable bonds is 5. The minimum Gasteiger partial charge on any atom is -0.496 e. The summed E-state index contributed by atoms with van der Waals surface area (Å²) in [7, 11) is 1.57. The van der Waals surface area contributed by atoms with Crippen molar-refractivity contribution in [2.75, 3.05) is 20.2 Å². The van der Waals surface area contributed by atoms with Crippen LogP contribution in [0.25, 0.3) is 11.0 Å². The largest absolute Gasteiger partial charge is 0.496 e. The van der Waals surface area contributed by atoms with Crippen LogP contribution in [0.2, 0.25) is 0 Å². The number of Topliss-reactive ketones (excluding diaryl/α,β-unsaturated/α-hetero) is 1. The van der Waals surface area contributed by atoms with Gasteiger partial charge in [-0.25, -0.2) is 4.98 Å². The molecule has 1 aromatic heterocycles. The van der Waals surface area contributed by atoms with Crippen LogP contribution in [0, 0.1) is 5.92 Å². The van der Waals surface area contributed by atoms with E-state index in [0.717, 1.165) is 23.9 Å². The van der Waals surface area contributed by atoms with Gasteiger partial charge >= 0.3 is 0 Å². The van der Waals surface area contributed by atoms with Crippen LogP contribution in [0.5, 0.6) is 5.75 Å². The number of carbonyl (C=O) groups is 2. The average Bonchev–Trinajstić information content (AvgIpc) is 3.16. The van der Waals surface area contributed by atoms with Crippen LogP contribution in [-0.2, 0) is 11.3 Å². The standard InChI is InChI=1S/C22H23N3O3/c1-28-20-11-5-2-8-17(20)22(27)16-7-6-12-24(13-16)21(26)14-25-15-23-18-9-3-4-10-19(18)25/h2-5,8-11,15-16H,6-7,12-14H2,1H3/t16-/m0/s1.